The molecule has 1 atom stereocenters. The fourth-order valence-corrected chi connectivity index (χ4v) is 4.60. The SMILES string of the molecule is CCC1Oc2ccc(-c3nc(C)sc3C)cc2N(CC(=O)Nc2cccc(C)c2)C1=O. The normalized spacial score (nSPS) is 15.4. The molecule has 160 valence electrons. The monoisotopic (exact) mass is 435 g/mol. The van der Waals surface area contributed by atoms with Gasteiger partial charge in [0.15, 0.2) is 6.10 Å². The molecule has 2 amide bonds. The molecule has 3 aromatic rings. The molecule has 7 heteroatoms. The molecule has 0 fully saturated rings. The number of carbonyl (C=O) groups is 2. The average molecular weight is 436 g/mol. The largest absolute Gasteiger partial charge is 0.478 e. The zero-order valence-electron chi connectivity index (χ0n) is 18.1. The van der Waals surface area contributed by atoms with Crippen molar-refractivity contribution < 1.29 is 14.3 Å². The van der Waals surface area contributed by atoms with Gasteiger partial charge in [-0.15, -0.1) is 11.3 Å². The minimum atomic E-state index is -0.603. The van der Waals surface area contributed by atoms with Gasteiger partial charge in [-0.25, -0.2) is 4.98 Å². The highest BCUT2D eigenvalue weighted by molar-refractivity contribution is 7.11. The molecule has 6 nitrogen and oxygen atoms in total. The Morgan fingerprint density at radius 2 is 2.00 bits per heavy atom. The highest BCUT2D eigenvalue weighted by Crippen LogP contribution is 2.39. The van der Waals surface area contributed by atoms with Crippen molar-refractivity contribution in [1.82, 2.24) is 4.98 Å². The number of rotatable bonds is 5. The second-order valence-corrected chi connectivity index (χ2v) is 9.08. The van der Waals surface area contributed by atoms with Crippen molar-refractivity contribution >= 4 is 34.5 Å². The second-order valence-electron chi connectivity index (χ2n) is 7.68. The van der Waals surface area contributed by atoms with E-state index in [1.165, 1.54) is 4.90 Å². The number of hydrogen-bond donors (Lipinski definition) is 1. The van der Waals surface area contributed by atoms with Gasteiger partial charge < -0.3 is 10.1 Å². The lowest BCUT2D eigenvalue weighted by molar-refractivity contribution is -0.128. The number of benzene rings is 2. The Bertz CT molecular complexity index is 1150. The smallest absolute Gasteiger partial charge is 0.268 e. The summed E-state index contributed by atoms with van der Waals surface area (Å²) in [5, 5.41) is 3.87. The van der Waals surface area contributed by atoms with E-state index in [0.717, 1.165) is 26.7 Å². The molecular formula is C24H25N3O3S. The van der Waals surface area contributed by atoms with Gasteiger partial charge >= 0.3 is 0 Å². The summed E-state index contributed by atoms with van der Waals surface area (Å²) >= 11 is 1.63. The molecule has 0 radical (unpaired) electrons. The standard InChI is InChI=1S/C24H25N3O3S/c1-5-20-24(29)27(13-22(28)26-18-8-6-7-14(2)11-18)19-12-17(9-10-21(19)30-20)23-15(3)31-16(4)25-23/h6-12,20H,5,13H2,1-4H3,(H,26,28). The number of nitrogens with zero attached hydrogens (tertiary/aromatic N) is 2. The van der Waals surface area contributed by atoms with E-state index in [2.05, 4.69) is 10.3 Å². The number of nitrogens with one attached hydrogen (secondary N) is 1. The molecule has 1 N–H and O–H groups in total. The van der Waals surface area contributed by atoms with Crippen LogP contribution in [0.1, 0.15) is 28.8 Å². The summed E-state index contributed by atoms with van der Waals surface area (Å²) in [7, 11) is 0. The third-order valence-electron chi connectivity index (χ3n) is 5.21. The number of hydrogen-bond acceptors (Lipinski definition) is 5. The van der Waals surface area contributed by atoms with Crippen molar-refractivity contribution in [1.29, 1.82) is 0 Å². The molecule has 1 aromatic heterocycles. The van der Waals surface area contributed by atoms with E-state index >= 15 is 0 Å². The molecule has 0 bridgehead atoms. The first kappa shape index (κ1) is 21.1. The maximum absolute atomic E-state index is 13.1. The minimum absolute atomic E-state index is 0.0852. The number of amides is 2. The highest BCUT2D eigenvalue weighted by Gasteiger charge is 2.35. The molecule has 0 saturated heterocycles. The predicted molar refractivity (Wildman–Crippen MR) is 124 cm³/mol. The molecule has 1 aliphatic rings. The van der Waals surface area contributed by atoms with Crippen LogP contribution in [0.25, 0.3) is 11.3 Å². The number of ether oxygens (including phenoxy) is 1. The summed E-state index contributed by atoms with van der Waals surface area (Å²) < 4.78 is 5.92. The first-order valence-electron chi connectivity index (χ1n) is 10.3. The van der Waals surface area contributed by atoms with Crippen LogP contribution in [0.4, 0.5) is 11.4 Å². The maximum Gasteiger partial charge on any atom is 0.268 e. The van der Waals surface area contributed by atoms with Crippen LogP contribution in [-0.2, 0) is 9.59 Å². The molecule has 2 heterocycles. The van der Waals surface area contributed by atoms with E-state index < -0.39 is 6.10 Å². The zero-order valence-corrected chi connectivity index (χ0v) is 18.9. The summed E-state index contributed by atoms with van der Waals surface area (Å²) in [5.41, 5.74) is 4.14. The fourth-order valence-electron chi connectivity index (χ4n) is 3.76. The van der Waals surface area contributed by atoms with Gasteiger partial charge in [0.1, 0.15) is 12.3 Å². The average Bonchev–Trinajstić information content (AvgIpc) is 3.07. The van der Waals surface area contributed by atoms with Gasteiger partial charge in [-0.3, -0.25) is 14.5 Å². The summed E-state index contributed by atoms with van der Waals surface area (Å²) in [4.78, 5) is 33.1. The van der Waals surface area contributed by atoms with Gasteiger partial charge in [-0.1, -0.05) is 19.1 Å². The quantitative estimate of drug-likeness (QED) is 0.620. The van der Waals surface area contributed by atoms with Gasteiger partial charge in [-0.05, 0) is 63.1 Å². The molecule has 1 unspecified atom stereocenters. The van der Waals surface area contributed by atoms with Crippen molar-refractivity contribution in [2.45, 2.75) is 40.2 Å². The van der Waals surface area contributed by atoms with Gasteiger partial charge in [0, 0.05) is 16.1 Å². The molecule has 4 rings (SSSR count). The highest BCUT2D eigenvalue weighted by atomic mass is 32.1. The number of aryl methyl sites for hydroxylation is 3. The van der Waals surface area contributed by atoms with Crippen LogP contribution >= 0.6 is 11.3 Å². The van der Waals surface area contributed by atoms with Crippen LogP contribution < -0.4 is 15.0 Å². The summed E-state index contributed by atoms with van der Waals surface area (Å²) in [5.74, 6) is 0.133. The third kappa shape index (κ3) is 4.32. The van der Waals surface area contributed by atoms with E-state index in [4.69, 9.17) is 4.74 Å². The van der Waals surface area contributed by atoms with Crippen LogP contribution in [0.3, 0.4) is 0 Å². The van der Waals surface area contributed by atoms with Crippen LogP contribution in [0, 0.1) is 20.8 Å². The molecule has 0 saturated carbocycles. The van der Waals surface area contributed by atoms with E-state index in [1.807, 2.05) is 70.2 Å². The second kappa shape index (κ2) is 8.51. The Morgan fingerprint density at radius 3 is 2.68 bits per heavy atom. The number of anilines is 2. The number of thiazole rings is 1. The molecule has 1 aliphatic heterocycles. The number of carbonyl (C=O) groups excluding carboxylic acids is 2. The predicted octanol–water partition coefficient (Wildman–Crippen LogP) is 4.88. The topological polar surface area (TPSA) is 71.5 Å². The zero-order chi connectivity index (χ0) is 22.1. The Hall–Kier alpha value is -3.19. The Labute approximate surface area is 185 Å². The van der Waals surface area contributed by atoms with Gasteiger partial charge in [-0.2, -0.15) is 0 Å². The molecule has 0 aliphatic carbocycles. The Balaban J connectivity index is 1.66. The first-order chi connectivity index (χ1) is 14.9. The van der Waals surface area contributed by atoms with Gasteiger partial charge in [0.05, 0.1) is 16.4 Å². The van der Waals surface area contributed by atoms with E-state index in [0.29, 0.717) is 23.5 Å². The molecular weight excluding hydrogens is 410 g/mol. The van der Waals surface area contributed by atoms with Gasteiger partial charge in [0.25, 0.3) is 5.91 Å². The Kier molecular flexibility index (Phi) is 5.78. The summed E-state index contributed by atoms with van der Waals surface area (Å²) in [6, 6.07) is 13.3. The lowest BCUT2D eigenvalue weighted by Gasteiger charge is -2.34. The minimum Gasteiger partial charge on any atom is -0.478 e. The van der Waals surface area contributed by atoms with Crippen molar-refractivity contribution in [2.24, 2.45) is 0 Å². The summed E-state index contributed by atoms with van der Waals surface area (Å²) in [6.07, 6.45) is -0.0752. The van der Waals surface area contributed by atoms with Crippen LogP contribution in [0.2, 0.25) is 0 Å². The lowest BCUT2D eigenvalue weighted by Crippen LogP contribution is -2.48. The fraction of sp³-hybridized carbons (Fsp3) is 0.292. The van der Waals surface area contributed by atoms with Crippen molar-refractivity contribution in [3.8, 4) is 17.0 Å². The Morgan fingerprint density at radius 1 is 1.19 bits per heavy atom. The third-order valence-corrected chi connectivity index (χ3v) is 6.10. The molecule has 31 heavy (non-hydrogen) atoms. The van der Waals surface area contributed by atoms with Crippen LogP contribution in [0.15, 0.2) is 42.5 Å². The maximum atomic E-state index is 13.1. The van der Waals surface area contributed by atoms with E-state index in [9.17, 15) is 9.59 Å². The van der Waals surface area contributed by atoms with E-state index in [-0.39, 0.29) is 18.4 Å². The van der Waals surface area contributed by atoms with Crippen LogP contribution in [0.5, 0.6) is 5.75 Å². The lowest BCUT2D eigenvalue weighted by atomic mass is 10.1. The molecule has 2 aromatic carbocycles. The van der Waals surface area contributed by atoms with Crippen LogP contribution in [-0.4, -0.2) is 29.4 Å². The number of aromatic nitrogens is 1. The summed E-state index contributed by atoms with van der Waals surface area (Å²) in [6.45, 7) is 7.78. The van der Waals surface area contributed by atoms with Gasteiger partial charge in [0.2, 0.25) is 5.91 Å². The molecule has 0 spiro atoms. The number of fused-ring (bicyclic) bond motifs is 1. The van der Waals surface area contributed by atoms with Crippen molar-refractivity contribution in [2.75, 3.05) is 16.8 Å². The van der Waals surface area contributed by atoms with Crippen molar-refractivity contribution in [3.05, 3.63) is 57.9 Å². The van der Waals surface area contributed by atoms with E-state index in [1.54, 1.807) is 11.3 Å². The van der Waals surface area contributed by atoms with Crippen molar-refractivity contribution in [3.63, 3.8) is 0 Å². The first-order valence-corrected chi connectivity index (χ1v) is 11.1.